The normalized spacial score (nSPS) is 15.1. The predicted octanol–water partition coefficient (Wildman–Crippen LogP) is 4.64. The smallest absolute Gasteiger partial charge is 0.199 e. The number of ether oxygens (including phenoxy) is 2. The molecule has 5 heteroatoms. The monoisotopic (exact) mass is 346 g/mol. The molecule has 0 spiro atoms. The average molecular weight is 346 g/mol. The molecule has 2 aromatic carbocycles. The zero-order valence-electron chi connectivity index (χ0n) is 14.4. The number of benzene rings is 2. The predicted molar refractivity (Wildman–Crippen MR) is 98.2 cm³/mol. The fourth-order valence-corrected chi connectivity index (χ4v) is 3.34. The fraction of sp³-hybridized carbons (Fsp3) is 0.190. The lowest BCUT2D eigenvalue weighted by Crippen LogP contribution is -2.06. The second kappa shape index (κ2) is 6.12. The van der Waals surface area contributed by atoms with Crippen LogP contribution in [0.3, 0.4) is 0 Å². The van der Waals surface area contributed by atoms with E-state index < -0.39 is 0 Å². The molecule has 4 aromatic rings. The zero-order valence-corrected chi connectivity index (χ0v) is 14.4. The van der Waals surface area contributed by atoms with Gasteiger partial charge in [0, 0.05) is 17.4 Å². The average Bonchev–Trinajstić information content (AvgIpc) is 3.41. The van der Waals surface area contributed by atoms with E-state index in [1.54, 1.807) is 0 Å². The summed E-state index contributed by atoms with van der Waals surface area (Å²) in [7, 11) is 0. The summed E-state index contributed by atoms with van der Waals surface area (Å²) >= 11 is 0. The molecule has 26 heavy (non-hydrogen) atoms. The van der Waals surface area contributed by atoms with Gasteiger partial charge in [0.1, 0.15) is 5.52 Å². The Morgan fingerprint density at radius 3 is 2.62 bits per heavy atom. The van der Waals surface area contributed by atoms with E-state index in [9.17, 15) is 0 Å². The Labute approximate surface area is 150 Å². The summed E-state index contributed by atoms with van der Waals surface area (Å²) in [6.45, 7) is 3.32. The van der Waals surface area contributed by atoms with Gasteiger partial charge in [-0.2, -0.15) is 0 Å². The number of nitrogens with zero attached hydrogens (tertiary/aromatic N) is 2. The standard InChI is InChI=1S/C21H18N2O3/c1-14-4-6-15(7-5-14)20-17-13-16(8-9-18(17)22-26-20)23-10-2-3-19(23)21-24-11-12-25-21/h2-10,13,21H,11-12H2,1H3. The minimum atomic E-state index is -0.320. The lowest BCUT2D eigenvalue weighted by molar-refractivity contribution is -0.0483. The van der Waals surface area contributed by atoms with E-state index in [2.05, 4.69) is 47.0 Å². The van der Waals surface area contributed by atoms with Crippen molar-refractivity contribution in [1.29, 1.82) is 0 Å². The van der Waals surface area contributed by atoms with Crippen molar-refractivity contribution < 1.29 is 14.0 Å². The molecule has 0 N–H and O–H groups in total. The van der Waals surface area contributed by atoms with E-state index in [0.29, 0.717) is 13.2 Å². The van der Waals surface area contributed by atoms with Crippen LogP contribution >= 0.6 is 0 Å². The molecule has 1 aliphatic rings. The molecule has 0 radical (unpaired) electrons. The second-order valence-electron chi connectivity index (χ2n) is 6.46. The van der Waals surface area contributed by atoms with Gasteiger partial charge in [0.05, 0.1) is 24.3 Å². The van der Waals surface area contributed by atoms with Crippen LogP contribution in [0.5, 0.6) is 0 Å². The van der Waals surface area contributed by atoms with Gasteiger partial charge in [-0.25, -0.2) is 0 Å². The van der Waals surface area contributed by atoms with Crippen LogP contribution in [0.15, 0.2) is 65.3 Å². The number of rotatable bonds is 3. The van der Waals surface area contributed by atoms with Gasteiger partial charge in [0.25, 0.3) is 0 Å². The van der Waals surface area contributed by atoms with Crippen LogP contribution in [0.25, 0.3) is 27.9 Å². The molecular weight excluding hydrogens is 328 g/mol. The Bertz CT molecular complexity index is 1060. The van der Waals surface area contributed by atoms with Gasteiger partial charge in [-0.05, 0) is 37.3 Å². The molecule has 0 aliphatic carbocycles. The summed E-state index contributed by atoms with van der Waals surface area (Å²) in [4.78, 5) is 0. The number of hydrogen-bond donors (Lipinski definition) is 0. The maximum Gasteiger partial charge on any atom is 0.199 e. The van der Waals surface area contributed by atoms with E-state index in [0.717, 1.165) is 33.6 Å². The van der Waals surface area contributed by atoms with E-state index in [-0.39, 0.29) is 6.29 Å². The Morgan fingerprint density at radius 1 is 1.00 bits per heavy atom. The molecule has 1 aliphatic heterocycles. The molecule has 2 aromatic heterocycles. The minimum absolute atomic E-state index is 0.320. The van der Waals surface area contributed by atoms with Crippen LogP contribution in [0, 0.1) is 6.92 Å². The molecule has 0 bridgehead atoms. The van der Waals surface area contributed by atoms with E-state index >= 15 is 0 Å². The molecular formula is C21H18N2O3. The van der Waals surface area contributed by atoms with Crippen molar-refractivity contribution in [3.05, 3.63) is 72.1 Å². The quantitative estimate of drug-likeness (QED) is 0.542. The first-order chi connectivity index (χ1) is 12.8. The minimum Gasteiger partial charge on any atom is -0.355 e. The Kier molecular flexibility index (Phi) is 3.62. The highest BCUT2D eigenvalue weighted by Gasteiger charge is 2.22. The Morgan fingerprint density at radius 2 is 1.81 bits per heavy atom. The molecule has 0 atom stereocenters. The molecule has 130 valence electrons. The van der Waals surface area contributed by atoms with Crippen molar-refractivity contribution in [2.75, 3.05) is 13.2 Å². The molecule has 0 saturated carbocycles. The van der Waals surface area contributed by atoms with Crippen LogP contribution in [0.2, 0.25) is 0 Å². The topological polar surface area (TPSA) is 49.4 Å². The van der Waals surface area contributed by atoms with E-state index in [1.807, 2.05) is 30.5 Å². The van der Waals surface area contributed by atoms with Crippen molar-refractivity contribution in [1.82, 2.24) is 9.72 Å². The van der Waals surface area contributed by atoms with Crippen molar-refractivity contribution in [2.45, 2.75) is 13.2 Å². The van der Waals surface area contributed by atoms with Gasteiger partial charge in [0.15, 0.2) is 12.1 Å². The second-order valence-corrected chi connectivity index (χ2v) is 6.46. The summed E-state index contributed by atoms with van der Waals surface area (Å²) in [6, 6.07) is 18.4. The van der Waals surface area contributed by atoms with Crippen LogP contribution in [0.1, 0.15) is 17.5 Å². The maximum absolute atomic E-state index is 5.66. The maximum atomic E-state index is 5.66. The highest BCUT2D eigenvalue weighted by Crippen LogP contribution is 2.32. The lowest BCUT2D eigenvalue weighted by atomic mass is 10.1. The third kappa shape index (κ3) is 2.53. The number of aromatic nitrogens is 2. The van der Waals surface area contributed by atoms with E-state index in [1.165, 1.54) is 5.56 Å². The SMILES string of the molecule is Cc1ccc(-c2onc3ccc(-n4cccc4C4OCCO4)cc23)cc1. The number of hydrogen-bond acceptors (Lipinski definition) is 4. The molecule has 5 nitrogen and oxygen atoms in total. The summed E-state index contributed by atoms with van der Waals surface area (Å²) in [5.41, 5.74) is 5.08. The number of fused-ring (bicyclic) bond motifs is 1. The molecule has 3 heterocycles. The lowest BCUT2D eigenvalue weighted by Gasteiger charge is -2.14. The highest BCUT2D eigenvalue weighted by atomic mass is 16.7. The Hall–Kier alpha value is -2.89. The number of aryl methyl sites for hydroxylation is 1. The van der Waals surface area contributed by atoms with Gasteiger partial charge in [0.2, 0.25) is 0 Å². The molecule has 0 amide bonds. The third-order valence-electron chi connectivity index (χ3n) is 4.70. The van der Waals surface area contributed by atoms with Crippen molar-refractivity contribution >= 4 is 10.9 Å². The van der Waals surface area contributed by atoms with Crippen molar-refractivity contribution in [3.63, 3.8) is 0 Å². The Balaban J connectivity index is 1.61. The van der Waals surface area contributed by atoms with Crippen molar-refractivity contribution in [3.8, 4) is 17.0 Å². The highest BCUT2D eigenvalue weighted by molar-refractivity contribution is 5.92. The van der Waals surface area contributed by atoms with E-state index in [4.69, 9.17) is 14.0 Å². The van der Waals surface area contributed by atoms with Crippen LogP contribution in [-0.4, -0.2) is 22.9 Å². The van der Waals surface area contributed by atoms with Crippen LogP contribution in [0.4, 0.5) is 0 Å². The van der Waals surface area contributed by atoms with Crippen LogP contribution in [-0.2, 0) is 9.47 Å². The van der Waals surface area contributed by atoms with Crippen LogP contribution < -0.4 is 0 Å². The summed E-state index contributed by atoms with van der Waals surface area (Å²) < 4.78 is 19.0. The summed E-state index contributed by atoms with van der Waals surface area (Å²) in [5, 5.41) is 5.19. The van der Waals surface area contributed by atoms with Gasteiger partial charge < -0.3 is 18.6 Å². The molecule has 1 fully saturated rings. The summed E-state index contributed by atoms with van der Waals surface area (Å²) in [5.74, 6) is 0.781. The van der Waals surface area contributed by atoms with Crippen molar-refractivity contribution in [2.24, 2.45) is 0 Å². The molecule has 0 unspecified atom stereocenters. The van der Waals surface area contributed by atoms with Gasteiger partial charge >= 0.3 is 0 Å². The molecule has 5 rings (SSSR count). The third-order valence-corrected chi connectivity index (χ3v) is 4.70. The summed E-state index contributed by atoms with van der Waals surface area (Å²) in [6.07, 6.45) is 1.69. The largest absolute Gasteiger partial charge is 0.355 e. The zero-order chi connectivity index (χ0) is 17.5. The first-order valence-electron chi connectivity index (χ1n) is 8.67. The molecule has 1 saturated heterocycles. The van der Waals surface area contributed by atoms with Gasteiger partial charge in [-0.1, -0.05) is 35.0 Å². The van der Waals surface area contributed by atoms with Gasteiger partial charge in [-0.3, -0.25) is 0 Å². The fourth-order valence-electron chi connectivity index (χ4n) is 3.34. The van der Waals surface area contributed by atoms with Gasteiger partial charge in [-0.15, -0.1) is 0 Å². The first-order valence-corrected chi connectivity index (χ1v) is 8.67. The first kappa shape index (κ1) is 15.4.